The second-order valence-electron chi connectivity index (χ2n) is 7.80. The molecule has 2 aromatic carbocycles. The minimum absolute atomic E-state index is 0.221. The van der Waals surface area contributed by atoms with Crippen LogP contribution in [0, 0.1) is 5.82 Å². The summed E-state index contributed by atoms with van der Waals surface area (Å²) in [6.07, 6.45) is 3.77. The molecule has 0 atom stereocenters. The van der Waals surface area contributed by atoms with E-state index in [1.807, 2.05) is 24.5 Å². The molecule has 0 saturated carbocycles. The average molecular weight is 406 g/mol. The number of fused-ring (bicyclic) bond motifs is 1. The highest BCUT2D eigenvalue weighted by atomic mass is 19.1. The molecule has 5 nitrogen and oxygen atoms in total. The van der Waals surface area contributed by atoms with Crippen molar-refractivity contribution in [1.29, 1.82) is 0 Å². The Labute approximate surface area is 175 Å². The Morgan fingerprint density at radius 1 is 0.933 bits per heavy atom. The number of benzene rings is 2. The van der Waals surface area contributed by atoms with E-state index in [-0.39, 0.29) is 5.82 Å². The molecule has 2 aliphatic rings. The molecule has 0 aliphatic carbocycles. The Morgan fingerprint density at radius 3 is 2.57 bits per heavy atom. The number of hydrogen-bond donors (Lipinski definition) is 1. The molecule has 1 aromatic heterocycles. The fourth-order valence-electron chi connectivity index (χ4n) is 4.22. The fraction of sp³-hybridized carbons (Fsp3) is 0.292. The van der Waals surface area contributed by atoms with Crippen LogP contribution in [0.5, 0.6) is 11.5 Å². The predicted molar refractivity (Wildman–Crippen MR) is 114 cm³/mol. The number of nitrogens with zero attached hydrogens (tertiary/aromatic N) is 2. The van der Waals surface area contributed by atoms with Gasteiger partial charge in [-0.2, -0.15) is 0 Å². The summed E-state index contributed by atoms with van der Waals surface area (Å²) < 4.78 is 24.8. The summed E-state index contributed by atoms with van der Waals surface area (Å²) in [6.45, 7) is 6.19. The molecule has 0 amide bonds. The van der Waals surface area contributed by atoms with E-state index in [9.17, 15) is 4.39 Å². The summed E-state index contributed by atoms with van der Waals surface area (Å²) in [5.41, 5.74) is 4.35. The summed E-state index contributed by atoms with van der Waals surface area (Å²) in [6, 6.07) is 14.9. The highest BCUT2D eigenvalue weighted by Gasteiger charge is 2.25. The van der Waals surface area contributed by atoms with Gasteiger partial charge in [0.2, 0.25) is 0 Å². The third-order valence-corrected chi connectivity index (χ3v) is 5.78. The molecule has 154 valence electrons. The Bertz CT molecular complexity index is 1020. The number of aromatic nitrogens is 1. The number of quaternary nitrogens is 1. The lowest BCUT2D eigenvalue weighted by Gasteiger charge is -2.35. The van der Waals surface area contributed by atoms with Crippen molar-refractivity contribution in [1.82, 2.24) is 4.98 Å². The van der Waals surface area contributed by atoms with Gasteiger partial charge >= 0.3 is 0 Å². The van der Waals surface area contributed by atoms with E-state index in [2.05, 4.69) is 22.0 Å². The molecular weight excluding hydrogens is 381 g/mol. The zero-order valence-corrected chi connectivity index (χ0v) is 16.8. The van der Waals surface area contributed by atoms with Gasteiger partial charge in [-0.25, -0.2) is 4.39 Å². The number of halogens is 1. The number of para-hydroxylation sites is 1. The normalized spacial score (nSPS) is 16.5. The van der Waals surface area contributed by atoms with Gasteiger partial charge in [-0.1, -0.05) is 18.2 Å². The molecule has 30 heavy (non-hydrogen) atoms. The van der Waals surface area contributed by atoms with E-state index in [0.717, 1.165) is 61.0 Å². The van der Waals surface area contributed by atoms with E-state index >= 15 is 0 Å². The van der Waals surface area contributed by atoms with Gasteiger partial charge in [0.1, 0.15) is 25.6 Å². The highest BCUT2D eigenvalue weighted by molar-refractivity contribution is 5.65. The fourth-order valence-corrected chi connectivity index (χ4v) is 4.22. The van der Waals surface area contributed by atoms with Crippen LogP contribution in [0.4, 0.5) is 10.1 Å². The molecule has 1 saturated heterocycles. The van der Waals surface area contributed by atoms with Gasteiger partial charge < -0.3 is 19.3 Å². The predicted octanol–water partition coefficient (Wildman–Crippen LogP) is 2.56. The highest BCUT2D eigenvalue weighted by Crippen LogP contribution is 2.39. The maximum atomic E-state index is 13.2. The molecule has 2 aliphatic heterocycles. The molecule has 0 spiro atoms. The van der Waals surface area contributed by atoms with E-state index in [0.29, 0.717) is 13.2 Å². The van der Waals surface area contributed by atoms with Crippen molar-refractivity contribution in [3.63, 3.8) is 0 Å². The standard InChI is InChI=1S/C24H24FN3O2/c25-21-6-4-19(5-7-21)20-14-18(15-26-16-20)17-27-8-10-28(11-9-27)22-2-1-3-23-24(22)30-13-12-29-23/h1-7,14-16H,8-13,17H2/p+1. The van der Waals surface area contributed by atoms with Gasteiger partial charge in [0.05, 0.1) is 31.9 Å². The summed E-state index contributed by atoms with van der Waals surface area (Å²) in [5.74, 6) is 1.50. The van der Waals surface area contributed by atoms with Crippen LogP contribution in [-0.4, -0.2) is 44.4 Å². The molecule has 6 heteroatoms. The number of pyridine rings is 1. The van der Waals surface area contributed by atoms with Crippen LogP contribution < -0.4 is 19.3 Å². The van der Waals surface area contributed by atoms with Gasteiger partial charge in [0.25, 0.3) is 0 Å². The molecular formula is C24H25FN3O2+. The largest absolute Gasteiger partial charge is 0.486 e. The van der Waals surface area contributed by atoms with Crippen LogP contribution in [0.1, 0.15) is 5.56 Å². The molecule has 0 bridgehead atoms. The van der Waals surface area contributed by atoms with Crippen LogP contribution in [0.15, 0.2) is 60.9 Å². The van der Waals surface area contributed by atoms with E-state index in [1.165, 1.54) is 22.6 Å². The summed E-state index contributed by atoms with van der Waals surface area (Å²) in [7, 11) is 0. The van der Waals surface area contributed by atoms with Crippen LogP contribution in [-0.2, 0) is 6.54 Å². The van der Waals surface area contributed by atoms with Crippen molar-refractivity contribution >= 4 is 5.69 Å². The van der Waals surface area contributed by atoms with Crippen LogP contribution in [0.2, 0.25) is 0 Å². The lowest BCUT2D eigenvalue weighted by molar-refractivity contribution is -0.914. The summed E-state index contributed by atoms with van der Waals surface area (Å²) in [5, 5.41) is 0. The molecule has 0 radical (unpaired) electrons. The summed E-state index contributed by atoms with van der Waals surface area (Å²) in [4.78, 5) is 8.34. The minimum atomic E-state index is -0.221. The smallest absolute Gasteiger partial charge is 0.184 e. The van der Waals surface area contributed by atoms with Crippen molar-refractivity contribution < 1.29 is 18.8 Å². The van der Waals surface area contributed by atoms with Gasteiger partial charge in [-0.15, -0.1) is 0 Å². The molecule has 0 unspecified atom stereocenters. The molecule has 3 aromatic rings. The van der Waals surface area contributed by atoms with Crippen molar-refractivity contribution in [2.45, 2.75) is 6.54 Å². The lowest BCUT2D eigenvalue weighted by atomic mass is 10.1. The van der Waals surface area contributed by atoms with Crippen molar-refractivity contribution in [3.05, 3.63) is 72.3 Å². The molecule has 3 heterocycles. The first-order valence-electron chi connectivity index (χ1n) is 10.4. The second kappa shape index (κ2) is 8.32. The molecule has 5 rings (SSSR count). The maximum Gasteiger partial charge on any atom is 0.184 e. The van der Waals surface area contributed by atoms with Crippen LogP contribution in [0.25, 0.3) is 11.1 Å². The molecule has 1 fully saturated rings. The zero-order chi connectivity index (χ0) is 20.3. The monoisotopic (exact) mass is 406 g/mol. The quantitative estimate of drug-likeness (QED) is 0.723. The maximum absolute atomic E-state index is 13.2. The number of rotatable bonds is 4. The Kier molecular flexibility index (Phi) is 5.24. The van der Waals surface area contributed by atoms with Gasteiger partial charge in [-0.05, 0) is 35.9 Å². The second-order valence-corrected chi connectivity index (χ2v) is 7.80. The third kappa shape index (κ3) is 3.96. The third-order valence-electron chi connectivity index (χ3n) is 5.78. The Hall–Kier alpha value is -3.12. The number of anilines is 1. The van der Waals surface area contributed by atoms with Crippen LogP contribution >= 0.6 is 0 Å². The van der Waals surface area contributed by atoms with Crippen molar-refractivity contribution in [2.75, 3.05) is 44.3 Å². The Balaban J connectivity index is 1.24. The minimum Gasteiger partial charge on any atom is -0.486 e. The average Bonchev–Trinajstić information content (AvgIpc) is 2.80. The van der Waals surface area contributed by atoms with Crippen molar-refractivity contribution in [3.8, 4) is 22.6 Å². The summed E-state index contributed by atoms with van der Waals surface area (Å²) >= 11 is 0. The Morgan fingerprint density at radius 2 is 1.73 bits per heavy atom. The molecule has 1 N–H and O–H groups in total. The number of ether oxygens (including phenoxy) is 2. The van der Waals surface area contributed by atoms with E-state index < -0.39 is 0 Å². The van der Waals surface area contributed by atoms with Crippen LogP contribution in [0.3, 0.4) is 0 Å². The topological polar surface area (TPSA) is 39.0 Å². The first-order chi connectivity index (χ1) is 14.8. The SMILES string of the molecule is Fc1ccc(-c2cncc(C[NH+]3CCN(c4cccc5c4OCCO5)CC3)c2)cc1. The van der Waals surface area contributed by atoms with Crippen molar-refractivity contribution in [2.24, 2.45) is 0 Å². The first-order valence-corrected chi connectivity index (χ1v) is 10.4. The van der Waals surface area contributed by atoms with Gasteiger partial charge in [0, 0.05) is 23.5 Å². The number of hydrogen-bond acceptors (Lipinski definition) is 4. The van der Waals surface area contributed by atoms with E-state index in [4.69, 9.17) is 9.47 Å². The first kappa shape index (κ1) is 18.9. The number of nitrogens with one attached hydrogen (secondary N) is 1. The zero-order valence-electron chi connectivity index (χ0n) is 16.8. The van der Waals surface area contributed by atoms with Gasteiger partial charge in [0.15, 0.2) is 11.5 Å². The lowest BCUT2D eigenvalue weighted by Crippen LogP contribution is -3.13. The van der Waals surface area contributed by atoms with E-state index in [1.54, 1.807) is 12.1 Å². The number of piperazine rings is 1. The van der Waals surface area contributed by atoms with Gasteiger partial charge in [-0.3, -0.25) is 4.98 Å².